The summed E-state index contributed by atoms with van der Waals surface area (Å²) in [5, 5.41) is 12.6. The van der Waals surface area contributed by atoms with E-state index in [1.807, 2.05) is 0 Å². The Labute approximate surface area is 260 Å². The third-order valence-electron chi connectivity index (χ3n) is 10.5. The van der Waals surface area contributed by atoms with Crippen LogP contribution in [0.25, 0.3) is 22.6 Å². The molecule has 0 radical (unpaired) electrons. The third-order valence-corrected chi connectivity index (χ3v) is 10.5. The summed E-state index contributed by atoms with van der Waals surface area (Å²) in [6.45, 7) is 5.51. The fourth-order valence-electron chi connectivity index (χ4n) is 8.24. The predicted octanol–water partition coefficient (Wildman–Crippen LogP) is 3.03. The van der Waals surface area contributed by atoms with Crippen molar-refractivity contribution in [2.24, 2.45) is 11.8 Å². The van der Waals surface area contributed by atoms with Gasteiger partial charge in [0, 0.05) is 49.3 Å². The summed E-state index contributed by atoms with van der Waals surface area (Å²) in [7, 11) is 0. The van der Waals surface area contributed by atoms with Crippen molar-refractivity contribution in [1.29, 1.82) is 0 Å². The molecule has 3 fully saturated rings. The number of aromatic nitrogens is 3. The standard InChI is InChI=1S/C35H37F2N5O3/c1-3-23-24(36)10-8-21-18-26(43)19(2)27(28(21)23)31-30(37)32-29-25(38-31)11-9-22-12-16-44-17-15-42(22)33(29)40-35(39-32)45-34-20-6-4-13-41(34)14-5-7-20/h1,8,10,18-20,22,26,34,43H,4-7,9,11-17H2,2H3/t19?,22-,26?,34?/m0/s1. The lowest BCUT2D eigenvalue weighted by Gasteiger charge is -2.44. The molecule has 1 aliphatic carbocycles. The Kier molecular flexibility index (Phi) is 7.23. The molecule has 0 saturated carbocycles. The molecule has 2 bridgehead atoms. The predicted molar refractivity (Wildman–Crippen MR) is 166 cm³/mol. The van der Waals surface area contributed by atoms with Crippen LogP contribution in [0.3, 0.4) is 0 Å². The van der Waals surface area contributed by atoms with Crippen molar-refractivity contribution in [2.45, 2.75) is 70.2 Å². The fourth-order valence-corrected chi connectivity index (χ4v) is 8.24. The summed E-state index contributed by atoms with van der Waals surface area (Å²) in [5.41, 5.74) is 1.25. The smallest absolute Gasteiger partial charge is 0.320 e. The van der Waals surface area contributed by atoms with Gasteiger partial charge in [-0.15, -0.1) is 6.42 Å². The van der Waals surface area contributed by atoms with Crippen LogP contribution in [0.1, 0.15) is 62.4 Å². The Hall–Kier alpha value is -3.65. The molecule has 1 N–H and O–H groups in total. The lowest BCUT2D eigenvalue weighted by Crippen LogP contribution is -2.52. The summed E-state index contributed by atoms with van der Waals surface area (Å²) >= 11 is 0. The van der Waals surface area contributed by atoms with Gasteiger partial charge in [-0.05, 0) is 67.9 Å². The van der Waals surface area contributed by atoms with E-state index in [1.54, 1.807) is 19.1 Å². The topological polar surface area (TPSA) is 83.8 Å². The molecule has 8 rings (SSSR count). The maximum atomic E-state index is 17.2. The highest BCUT2D eigenvalue weighted by Gasteiger charge is 2.38. The number of anilines is 1. The number of pyridine rings is 1. The summed E-state index contributed by atoms with van der Waals surface area (Å²) < 4.78 is 44.7. The molecule has 234 valence electrons. The van der Waals surface area contributed by atoms with Crippen LogP contribution >= 0.6 is 0 Å². The maximum Gasteiger partial charge on any atom is 0.320 e. The molecule has 10 heteroatoms. The molecular weight excluding hydrogens is 576 g/mol. The first-order valence-corrected chi connectivity index (χ1v) is 16.3. The van der Waals surface area contributed by atoms with E-state index in [4.69, 9.17) is 30.8 Å². The molecule has 6 heterocycles. The molecule has 2 aromatic heterocycles. The first-order valence-electron chi connectivity index (χ1n) is 16.3. The average molecular weight is 614 g/mol. The molecule has 3 unspecified atom stereocenters. The van der Waals surface area contributed by atoms with Crippen LogP contribution < -0.4 is 20.1 Å². The van der Waals surface area contributed by atoms with Gasteiger partial charge in [0.1, 0.15) is 22.8 Å². The van der Waals surface area contributed by atoms with E-state index < -0.39 is 23.7 Å². The van der Waals surface area contributed by atoms with Crippen LogP contribution in [0.4, 0.5) is 14.6 Å². The molecule has 45 heavy (non-hydrogen) atoms. The summed E-state index contributed by atoms with van der Waals surface area (Å²) in [6.07, 6.45) is 13.0. The van der Waals surface area contributed by atoms with Crippen LogP contribution in [0.15, 0.2) is 12.1 Å². The molecule has 3 saturated heterocycles. The molecule has 3 aromatic rings. The Balaban J connectivity index is 1.39. The Bertz CT molecular complexity index is 1840. The number of nitrogens with zero attached hydrogens (tertiary/aromatic N) is 5. The average Bonchev–Trinajstić information content (AvgIpc) is 3.34. The number of fused-ring (bicyclic) bond motifs is 5. The second kappa shape index (κ2) is 11.3. The molecule has 1 aromatic carbocycles. The minimum atomic E-state index is -0.933. The van der Waals surface area contributed by atoms with Gasteiger partial charge in [0.15, 0.2) is 12.0 Å². The normalized spacial score (nSPS) is 29.1. The number of ether oxygens (including phenoxy) is 2. The van der Waals surface area contributed by atoms with Crippen molar-refractivity contribution in [2.75, 3.05) is 37.7 Å². The van der Waals surface area contributed by atoms with E-state index in [2.05, 4.69) is 15.7 Å². The van der Waals surface area contributed by atoms with E-state index in [0.29, 0.717) is 65.0 Å². The number of rotatable bonds is 3. The zero-order valence-corrected chi connectivity index (χ0v) is 25.4. The number of terminal acetylenes is 1. The quantitative estimate of drug-likeness (QED) is 0.452. The molecule has 8 nitrogen and oxygen atoms in total. The van der Waals surface area contributed by atoms with Crippen molar-refractivity contribution in [3.63, 3.8) is 0 Å². The highest BCUT2D eigenvalue weighted by Crippen LogP contribution is 2.40. The van der Waals surface area contributed by atoms with Gasteiger partial charge in [-0.2, -0.15) is 9.97 Å². The molecule has 0 amide bonds. The largest absolute Gasteiger partial charge is 0.444 e. The minimum Gasteiger partial charge on any atom is -0.444 e. The first-order chi connectivity index (χ1) is 21.9. The van der Waals surface area contributed by atoms with Crippen molar-refractivity contribution in [3.05, 3.63) is 51.2 Å². The molecule has 5 aliphatic rings. The maximum absolute atomic E-state index is 17.2. The van der Waals surface area contributed by atoms with Crippen molar-refractivity contribution >= 4 is 28.4 Å². The van der Waals surface area contributed by atoms with Gasteiger partial charge in [0.2, 0.25) is 0 Å². The van der Waals surface area contributed by atoms with E-state index in [-0.39, 0.29) is 35.1 Å². The van der Waals surface area contributed by atoms with Crippen LogP contribution in [-0.2, 0) is 11.2 Å². The first kappa shape index (κ1) is 28.8. The third kappa shape index (κ3) is 4.70. The number of hydrogen-bond donors (Lipinski definition) is 1. The van der Waals surface area contributed by atoms with Crippen LogP contribution in [0, 0.1) is 35.8 Å². The number of benzene rings is 1. The van der Waals surface area contributed by atoms with Gasteiger partial charge in [0.25, 0.3) is 0 Å². The zero-order chi connectivity index (χ0) is 30.8. The summed E-state index contributed by atoms with van der Waals surface area (Å²) in [5.74, 6) is 1.65. The number of halogens is 2. The van der Waals surface area contributed by atoms with Gasteiger partial charge < -0.3 is 19.5 Å². The molecule has 0 spiro atoms. The van der Waals surface area contributed by atoms with Crippen molar-refractivity contribution < 1.29 is 23.4 Å². The molecular formula is C35H37F2N5O3. The van der Waals surface area contributed by atoms with Gasteiger partial charge >= 0.3 is 6.01 Å². The fraction of sp³-hybridized carbons (Fsp3) is 0.514. The summed E-state index contributed by atoms with van der Waals surface area (Å²) in [6, 6.07) is 3.14. The Morgan fingerprint density at radius 1 is 1.04 bits per heavy atom. The number of hydrogen-bond acceptors (Lipinski definition) is 8. The Morgan fingerprint density at radius 3 is 2.64 bits per heavy atom. The zero-order valence-electron chi connectivity index (χ0n) is 25.4. The van der Waals surface area contributed by atoms with Crippen LogP contribution in [0.2, 0.25) is 0 Å². The number of aliphatic hydroxyl groups excluding tert-OH is 1. The second-order valence-electron chi connectivity index (χ2n) is 13.0. The van der Waals surface area contributed by atoms with Crippen LogP contribution in [0.5, 0.6) is 6.01 Å². The molecule has 4 aliphatic heterocycles. The van der Waals surface area contributed by atoms with E-state index in [1.165, 1.54) is 6.07 Å². The number of aliphatic hydroxyl groups is 1. The number of piperidine rings is 2. The van der Waals surface area contributed by atoms with Gasteiger partial charge in [0.05, 0.1) is 29.4 Å². The Morgan fingerprint density at radius 2 is 1.87 bits per heavy atom. The second-order valence-corrected chi connectivity index (χ2v) is 13.0. The van der Waals surface area contributed by atoms with E-state index in [9.17, 15) is 5.11 Å². The van der Waals surface area contributed by atoms with Gasteiger partial charge in [-0.25, -0.2) is 13.8 Å². The van der Waals surface area contributed by atoms with Gasteiger partial charge in [-0.3, -0.25) is 4.90 Å². The highest BCUT2D eigenvalue weighted by molar-refractivity contribution is 5.95. The minimum absolute atomic E-state index is 0.0309. The lowest BCUT2D eigenvalue weighted by atomic mass is 9.83. The van der Waals surface area contributed by atoms with Crippen molar-refractivity contribution in [3.8, 4) is 18.4 Å². The van der Waals surface area contributed by atoms with Gasteiger partial charge in [-0.1, -0.05) is 18.9 Å². The number of aryl methyl sites for hydroxylation is 1. The lowest BCUT2D eigenvalue weighted by molar-refractivity contribution is -0.0770. The highest BCUT2D eigenvalue weighted by atomic mass is 19.1. The molecule has 4 atom stereocenters. The van der Waals surface area contributed by atoms with Crippen LogP contribution in [-0.4, -0.2) is 76.2 Å². The van der Waals surface area contributed by atoms with E-state index >= 15 is 8.78 Å². The van der Waals surface area contributed by atoms with Crippen molar-refractivity contribution in [1.82, 2.24) is 19.9 Å². The van der Waals surface area contributed by atoms with E-state index in [0.717, 1.165) is 51.6 Å². The SMILES string of the molecule is C#Cc1c(F)ccc2c1=C(c1nc3c4c(nc(OC5C6CCCN5CCC6)nc4c1F)N1CCOCC[C@@H]1CC3)C(C)C(O)C=2. The summed E-state index contributed by atoms with van der Waals surface area (Å²) in [4.78, 5) is 19.3. The monoisotopic (exact) mass is 613 g/mol.